The van der Waals surface area contributed by atoms with Crippen molar-refractivity contribution in [2.45, 2.75) is 27.7 Å². The first-order valence-electron chi connectivity index (χ1n) is 10.8. The lowest BCUT2D eigenvalue weighted by molar-refractivity contribution is 0.0696. The summed E-state index contributed by atoms with van der Waals surface area (Å²) in [6.45, 7) is 7.24. The number of benzene rings is 1. The Balaban J connectivity index is 1.96. The van der Waals surface area contributed by atoms with E-state index in [-0.39, 0.29) is 22.5 Å². The van der Waals surface area contributed by atoms with Crippen molar-refractivity contribution in [1.82, 2.24) is 9.55 Å². The summed E-state index contributed by atoms with van der Waals surface area (Å²) in [5.74, 6) is -2.39. The van der Waals surface area contributed by atoms with Gasteiger partial charge in [0.2, 0.25) is 0 Å². The van der Waals surface area contributed by atoms with Crippen LogP contribution in [0.5, 0.6) is 0 Å². The summed E-state index contributed by atoms with van der Waals surface area (Å²) in [6, 6.07) is 10.1. The van der Waals surface area contributed by atoms with Crippen LogP contribution in [0.15, 0.2) is 29.8 Å². The van der Waals surface area contributed by atoms with Crippen LogP contribution in [0.1, 0.15) is 67.0 Å². The first-order chi connectivity index (χ1) is 17.0. The van der Waals surface area contributed by atoms with Crippen LogP contribution < -0.4 is 5.73 Å². The van der Waals surface area contributed by atoms with Gasteiger partial charge in [0.25, 0.3) is 0 Å². The van der Waals surface area contributed by atoms with E-state index in [0.29, 0.717) is 33.7 Å². The van der Waals surface area contributed by atoms with Gasteiger partial charge in [0.05, 0.1) is 28.0 Å². The van der Waals surface area contributed by atoms with Gasteiger partial charge in [-0.2, -0.15) is 10.5 Å². The number of aromatic nitrogens is 2. The fourth-order valence-electron chi connectivity index (χ4n) is 4.67. The Kier molecular flexibility index (Phi) is 5.71. The van der Waals surface area contributed by atoms with Crippen molar-refractivity contribution in [1.29, 1.82) is 10.5 Å². The lowest BCUT2D eigenvalue weighted by Crippen LogP contribution is -2.07. The van der Waals surface area contributed by atoms with Crippen LogP contribution in [0.25, 0.3) is 22.9 Å². The number of fused-ring (bicyclic) bond motifs is 1. The van der Waals surface area contributed by atoms with E-state index < -0.39 is 11.9 Å². The van der Waals surface area contributed by atoms with E-state index in [1.165, 1.54) is 12.1 Å². The first-order valence-corrected chi connectivity index (χ1v) is 10.8. The van der Waals surface area contributed by atoms with Crippen molar-refractivity contribution in [3.8, 4) is 17.8 Å². The second-order valence-electron chi connectivity index (χ2n) is 8.54. The molecule has 0 aliphatic heterocycles. The minimum Gasteiger partial charge on any atom is -0.478 e. The number of carboxylic acids is 2. The molecule has 0 atom stereocenters. The Hall–Kier alpha value is -5.15. The number of anilines is 1. The van der Waals surface area contributed by atoms with Gasteiger partial charge in [-0.1, -0.05) is 0 Å². The Morgan fingerprint density at radius 2 is 1.61 bits per heavy atom. The third kappa shape index (κ3) is 3.60. The highest BCUT2D eigenvalue weighted by Gasteiger charge is 2.30. The standard InChI is InChI=1S/C27H21N5O4/c1-12-5-16(15(4)32(12)19-7-17(26(33)34)6-18(8-19)27(35)36)9-20-13(2)21(10-28)24-23(20)14(3)22(11-29)25(30)31-24/h5-9H,1-4H3,(H2,30,31)(H,33,34)(H,35,36)/b20-9-. The molecule has 178 valence electrons. The smallest absolute Gasteiger partial charge is 0.335 e. The Morgan fingerprint density at radius 1 is 1.00 bits per heavy atom. The molecule has 3 aromatic rings. The summed E-state index contributed by atoms with van der Waals surface area (Å²) < 4.78 is 1.78. The first kappa shape index (κ1) is 24.0. The van der Waals surface area contributed by atoms with Crippen LogP contribution in [0.4, 0.5) is 5.82 Å². The number of nitrogens with two attached hydrogens (primary N) is 1. The Morgan fingerprint density at radius 3 is 2.14 bits per heavy atom. The zero-order chi connectivity index (χ0) is 26.5. The van der Waals surface area contributed by atoms with Crippen LogP contribution in [-0.4, -0.2) is 31.7 Å². The summed E-state index contributed by atoms with van der Waals surface area (Å²) in [5, 5.41) is 38.3. The van der Waals surface area contributed by atoms with Gasteiger partial charge in [-0.15, -0.1) is 0 Å². The maximum Gasteiger partial charge on any atom is 0.335 e. The average Bonchev–Trinajstić information content (AvgIpc) is 3.25. The number of nitriles is 2. The molecule has 0 fully saturated rings. The van der Waals surface area contributed by atoms with Crippen molar-refractivity contribution in [3.63, 3.8) is 0 Å². The molecule has 9 heteroatoms. The highest BCUT2D eigenvalue weighted by atomic mass is 16.4. The van der Waals surface area contributed by atoms with Crippen LogP contribution in [0, 0.1) is 43.4 Å². The van der Waals surface area contributed by atoms with Gasteiger partial charge in [-0.3, -0.25) is 0 Å². The van der Waals surface area contributed by atoms with Gasteiger partial charge in [0.15, 0.2) is 0 Å². The van der Waals surface area contributed by atoms with Gasteiger partial charge in [-0.25, -0.2) is 14.6 Å². The lowest BCUT2D eigenvalue weighted by atomic mass is 9.95. The third-order valence-corrected chi connectivity index (χ3v) is 6.42. The fraction of sp³-hybridized carbons (Fsp3) is 0.148. The molecule has 1 aliphatic carbocycles. The van der Waals surface area contributed by atoms with Crippen molar-refractivity contribution >= 4 is 35.0 Å². The van der Waals surface area contributed by atoms with Crippen LogP contribution in [-0.2, 0) is 0 Å². The predicted molar refractivity (Wildman–Crippen MR) is 133 cm³/mol. The predicted octanol–water partition coefficient (Wildman–Crippen LogP) is 4.50. The van der Waals surface area contributed by atoms with E-state index in [1.54, 1.807) is 11.5 Å². The second-order valence-corrected chi connectivity index (χ2v) is 8.54. The van der Waals surface area contributed by atoms with Crippen LogP contribution in [0.3, 0.4) is 0 Å². The molecule has 1 aliphatic rings. The average molecular weight is 479 g/mol. The highest BCUT2D eigenvalue weighted by Crippen LogP contribution is 2.44. The summed E-state index contributed by atoms with van der Waals surface area (Å²) in [6.07, 6.45) is 1.89. The number of pyridine rings is 1. The maximum atomic E-state index is 11.6. The number of aromatic carboxylic acids is 2. The monoisotopic (exact) mass is 479 g/mol. The molecule has 0 amide bonds. The molecule has 0 saturated carbocycles. The molecule has 2 aromatic heterocycles. The quantitative estimate of drug-likeness (QED) is 0.492. The molecule has 0 unspecified atom stereocenters. The van der Waals surface area contributed by atoms with Gasteiger partial charge in [0.1, 0.15) is 18.0 Å². The van der Waals surface area contributed by atoms with Crippen molar-refractivity contribution in [2.75, 3.05) is 5.73 Å². The molecule has 4 rings (SSSR count). The van der Waals surface area contributed by atoms with Crippen molar-refractivity contribution in [2.24, 2.45) is 0 Å². The number of nitrogens with zero attached hydrogens (tertiary/aromatic N) is 4. The number of carbonyl (C=O) groups is 2. The van der Waals surface area contributed by atoms with Crippen molar-refractivity contribution in [3.05, 3.63) is 80.3 Å². The summed E-state index contributed by atoms with van der Waals surface area (Å²) in [4.78, 5) is 27.6. The molecule has 0 saturated heterocycles. The van der Waals surface area contributed by atoms with E-state index in [9.17, 15) is 30.3 Å². The molecule has 2 heterocycles. The summed E-state index contributed by atoms with van der Waals surface area (Å²) >= 11 is 0. The topological polar surface area (TPSA) is 166 Å². The zero-order valence-corrected chi connectivity index (χ0v) is 20.0. The van der Waals surface area contributed by atoms with Crippen molar-refractivity contribution < 1.29 is 19.8 Å². The lowest BCUT2D eigenvalue weighted by Gasteiger charge is -2.13. The molecule has 0 bridgehead atoms. The number of allylic oxidation sites excluding steroid dienone is 3. The number of rotatable bonds is 4. The molecule has 36 heavy (non-hydrogen) atoms. The van der Waals surface area contributed by atoms with E-state index in [0.717, 1.165) is 28.6 Å². The van der Waals surface area contributed by atoms with E-state index >= 15 is 0 Å². The molecule has 0 spiro atoms. The zero-order valence-electron chi connectivity index (χ0n) is 20.0. The number of aryl methyl sites for hydroxylation is 1. The molecule has 9 nitrogen and oxygen atoms in total. The van der Waals surface area contributed by atoms with Crippen LogP contribution in [0.2, 0.25) is 0 Å². The molecular formula is C27H21N5O4. The Bertz CT molecular complexity index is 1630. The number of hydrogen-bond donors (Lipinski definition) is 3. The molecule has 4 N–H and O–H groups in total. The Labute approximate surface area is 206 Å². The van der Waals surface area contributed by atoms with Crippen LogP contribution >= 0.6 is 0 Å². The number of nitrogen functional groups attached to an aromatic ring is 1. The molecular weight excluding hydrogens is 458 g/mol. The third-order valence-electron chi connectivity index (χ3n) is 6.42. The normalized spacial score (nSPS) is 13.4. The van der Waals surface area contributed by atoms with E-state index in [1.807, 2.05) is 32.9 Å². The van der Waals surface area contributed by atoms with E-state index in [2.05, 4.69) is 17.1 Å². The van der Waals surface area contributed by atoms with Gasteiger partial charge in [0, 0.05) is 22.6 Å². The molecule has 0 radical (unpaired) electrons. The number of hydrogen-bond acceptors (Lipinski definition) is 6. The van der Waals surface area contributed by atoms with Gasteiger partial charge >= 0.3 is 11.9 Å². The minimum absolute atomic E-state index is 0.0706. The SMILES string of the molecule is CC1=C(C#N)c2nc(N)c(C#N)c(C)c2/C1=C\c1cc(C)n(-c2cc(C(=O)O)cc(C(=O)O)c2)c1C. The fourth-order valence-corrected chi connectivity index (χ4v) is 4.67. The summed E-state index contributed by atoms with van der Waals surface area (Å²) in [5.41, 5.74) is 12.2. The highest BCUT2D eigenvalue weighted by molar-refractivity contribution is 6.09. The van der Waals surface area contributed by atoms with E-state index in [4.69, 9.17) is 5.73 Å². The maximum absolute atomic E-state index is 11.6. The molecule has 1 aromatic carbocycles. The minimum atomic E-state index is -1.23. The second kappa shape index (κ2) is 8.57. The number of carboxylic acid groups (broad SMARTS) is 2. The van der Waals surface area contributed by atoms with Gasteiger partial charge in [-0.05, 0) is 80.3 Å². The summed E-state index contributed by atoms with van der Waals surface area (Å²) in [7, 11) is 0. The largest absolute Gasteiger partial charge is 0.478 e. The van der Waals surface area contributed by atoms with Gasteiger partial charge < -0.3 is 20.5 Å².